The molecular formula is C20H33N3O2. The van der Waals surface area contributed by atoms with Gasteiger partial charge in [0.25, 0.3) is 0 Å². The maximum Gasteiger partial charge on any atom is 0.222 e. The molecule has 1 fully saturated rings. The smallest absolute Gasteiger partial charge is 0.222 e. The Morgan fingerprint density at radius 2 is 1.76 bits per heavy atom. The molecule has 1 aliphatic rings. The molecule has 1 saturated heterocycles. The zero-order chi connectivity index (χ0) is 18.4. The standard InChI is InChI=1S/C20H33N3O2/c1-21(2)12-17-11-18(15-24)14-23(13-17)20(25)10-7-16-5-8-19(9-6-16)22(3)4/h5-6,8-9,17-18,24H,7,10-15H2,1-4H3/t17-,18+/m1/s1. The first kappa shape index (κ1) is 19.7. The monoisotopic (exact) mass is 347 g/mol. The topological polar surface area (TPSA) is 47.0 Å². The fourth-order valence-corrected chi connectivity index (χ4v) is 3.67. The summed E-state index contributed by atoms with van der Waals surface area (Å²) >= 11 is 0. The molecule has 1 amide bonds. The fourth-order valence-electron chi connectivity index (χ4n) is 3.67. The van der Waals surface area contributed by atoms with E-state index < -0.39 is 0 Å². The van der Waals surface area contributed by atoms with Gasteiger partial charge in [-0.05, 0) is 56.5 Å². The fraction of sp³-hybridized carbons (Fsp3) is 0.650. The Labute approximate surface area is 152 Å². The Balaban J connectivity index is 1.89. The highest BCUT2D eigenvalue weighted by molar-refractivity contribution is 5.76. The number of nitrogens with zero attached hydrogens (tertiary/aromatic N) is 3. The van der Waals surface area contributed by atoms with E-state index in [-0.39, 0.29) is 18.4 Å². The third kappa shape index (κ3) is 6.01. The van der Waals surface area contributed by atoms with Gasteiger partial charge in [0.15, 0.2) is 0 Å². The Morgan fingerprint density at radius 3 is 2.32 bits per heavy atom. The molecule has 140 valence electrons. The first-order chi connectivity index (χ1) is 11.9. The van der Waals surface area contributed by atoms with E-state index in [0.717, 1.165) is 25.9 Å². The van der Waals surface area contributed by atoms with Crippen molar-refractivity contribution in [2.45, 2.75) is 19.3 Å². The summed E-state index contributed by atoms with van der Waals surface area (Å²) in [5.74, 6) is 0.866. The lowest BCUT2D eigenvalue weighted by Gasteiger charge is -2.38. The largest absolute Gasteiger partial charge is 0.396 e. The van der Waals surface area contributed by atoms with Crippen LogP contribution in [0.25, 0.3) is 0 Å². The number of carbonyl (C=O) groups excluding carboxylic acids is 1. The van der Waals surface area contributed by atoms with Gasteiger partial charge in [0.05, 0.1) is 0 Å². The van der Waals surface area contributed by atoms with Crippen LogP contribution < -0.4 is 4.90 Å². The molecule has 1 aromatic rings. The van der Waals surface area contributed by atoms with Crippen LogP contribution in [0.2, 0.25) is 0 Å². The number of hydrogen-bond donors (Lipinski definition) is 1. The van der Waals surface area contributed by atoms with Gasteiger partial charge < -0.3 is 19.8 Å². The van der Waals surface area contributed by atoms with Crippen molar-refractivity contribution in [2.24, 2.45) is 11.8 Å². The summed E-state index contributed by atoms with van der Waals surface area (Å²) in [5.41, 5.74) is 2.36. The van der Waals surface area contributed by atoms with Crippen molar-refractivity contribution < 1.29 is 9.90 Å². The van der Waals surface area contributed by atoms with Gasteiger partial charge in [-0.25, -0.2) is 0 Å². The van der Waals surface area contributed by atoms with Crippen molar-refractivity contribution in [2.75, 3.05) is 59.3 Å². The average Bonchev–Trinajstić information content (AvgIpc) is 2.59. The highest BCUT2D eigenvalue weighted by Gasteiger charge is 2.29. The molecule has 1 heterocycles. The minimum absolute atomic E-state index is 0.166. The van der Waals surface area contributed by atoms with Crippen LogP contribution in [0.4, 0.5) is 5.69 Å². The number of piperidine rings is 1. The Morgan fingerprint density at radius 1 is 1.12 bits per heavy atom. The number of likely N-dealkylation sites (tertiary alicyclic amines) is 1. The molecule has 0 radical (unpaired) electrons. The molecule has 0 bridgehead atoms. The first-order valence-electron chi connectivity index (χ1n) is 9.18. The predicted octanol–water partition coefficient (Wildman–Crippen LogP) is 1.70. The number of aryl methyl sites for hydroxylation is 1. The average molecular weight is 348 g/mol. The summed E-state index contributed by atoms with van der Waals surface area (Å²) < 4.78 is 0. The highest BCUT2D eigenvalue weighted by atomic mass is 16.3. The number of carbonyl (C=O) groups is 1. The molecule has 0 spiro atoms. The lowest BCUT2D eigenvalue weighted by Crippen LogP contribution is -2.47. The molecule has 0 aromatic heterocycles. The lowest BCUT2D eigenvalue weighted by atomic mass is 9.89. The van der Waals surface area contributed by atoms with E-state index in [2.05, 4.69) is 48.2 Å². The maximum absolute atomic E-state index is 12.7. The molecule has 1 aliphatic heterocycles. The highest BCUT2D eigenvalue weighted by Crippen LogP contribution is 2.23. The molecule has 0 saturated carbocycles. The second-order valence-corrected chi connectivity index (χ2v) is 7.77. The third-order valence-electron chi connectivity index (χ3n) is 4.94. The van der Waals surface area contributed by atoms with Crippen molar-refractivity contribution in [1.29, 1.82) is 0 Å². The summed E-state index contributed by atoms with van der Waals surface area (Å²) in [6.07, 6.45) is 2.31. The van der Waals surface area contributed by atoms with Crippen LogP contribution in [0.3, 0.4) is 0 Å². The zero-order valence-electron chi connectivity index (χ0n) is 16.1. The van der Waals surface area contributed by atoms with Crippen LogP contribution in [0.15, 0.2) is 24.3 Å². The summed E-state index contributed by atoms with van der Waals surface area (Å²) in [6.45, 7) is 2.64. The number of rotatable bonds is 7. The molecule has 0 unspecified atom stereocenters. The molecular weight excluding hydrogens is 314 g/mol. The molecule has 5 nitrogen and oxygen atoms in total. The van der Waals surface area contributed by atoms with Gasteiger partial charge in [0.2, 0.25) is 5.91 Å². The lowest BCUT2D eigenvalue weighted by molar-refractivity contribution is -0.134. The van der Waals surface area contributed by atoms with Gasteiger partial charge in [-0.15, -0.1) is 0 Å². The first-order valence-corrected chi connectivity index (χ1v) is 9.18. The van der Waals surface area contributed by atoms with Crippen LogP contribution in [-0.4, -0.2) is 75.2 Å². The van der Waals surface area contributed by atoms with E-state index in [4.69, 9.17) is 0 Å². The predicted molar refractivity (Wildman–Crippen MR) is 103 cm³/mol. The van der Waals surface area contributed by atoms with Gasteiger partial charge in [-0.3, -0.25) is 4.79 Å². The van der Waals surface area contributed by atoms with E-state index in [1.807, 2.05) is 19.0 Å². The van der Waals surface area contributed by atoms with Crippen molar-refractivity contribution >= 4 is 11.6 Å². The van der Waals surface area contributed by atoms with Gasteiger partial charge in [0, 0.05) is 52.4 Å². The third-order valence-corrected chi connectivity index (χ3v) is 4.94. The molecule has 2 atom stereocenters. The Kier molecular flexibility index (Phi) is 7.26. The van der Waals surface area contributed by atoms with Gasteiger partial charge in [-0.1, -0.05) is 12.1 Å². The molecule has 5 heteroatoms. The number of aliphatic hydroxyl groups is 1. The van der Waals surface area contributed by atoms with E-state index in [0.29, 0.717) is 18.9 Å². The van der Waals surface area contributed by atoms with Crippen LogP contribution in [0.1, 0.15) is 18.4 Å². The van der Waals surface area contributed by atoms with Crippen LogP contribution >= 0.6 is 0 Å². The summed E-state index contributed by atoms with van der Waals surface area (Å²) in [6, 6.07) is 8.39. The molecule has 0 aliphatic carbocycles. The molecule has 25 heavy (non-hydrogen) atoms. The van der Waals surface area contributed by atoms with Crippen molar-refractivity contribution in [3.05, 3.63) is 29.8 Å². The normalized spacial score (nSPS) is 20.8. The number of anilines is 1. The van der Waals surface area contributed by atoms with Gasteiger partial charge in [0.1, 0.15) is 0 Å². The Hall–Kier alpha value is -1.59. The maximum atomic E-state index is 12.7. The number of benzene rings is 1. The molecule has 1 N–H and O–H groups in total. The van der Waals surface area contributed by atoms with Crippen molar-refractivity contribution in [3.63, 3.8) is 0 Å². The number of hydrogen-bond acceptors (Lipinski definition) is 4. The van der Waals surface area contributed by atoms with E-state index in [1.165, 1.54) is 11.3 Å². The second-order valence-electron chi connectivity index (χ2n) is 7.77. The minimum Gasteiger partial charge on any atom is -0.396 e. The van der Waals surface area contributed by atoms with Crippen molar-refractivity contribution in [3.8, 4) is 0 Å². The summed E-state index contributed by atoms with van der Waals surface area (Å²) in [5, 5.41) is 9.57. The molecule has 2 rings (SSSR count). The summed E-state index contributed by atoms with van der Waals surface area (Å²) in [7, 11) is 8.17. The van der Waals surface area contributed by atoms with E-state index >= 15 is 0 Å². The van der Waals surface area contributed by atoms with Crippen LogP contribution in [0.5, 0.6) is 0 Å². The number of amides is 1. The van der Waals surface area contributed by atoms with Crippen LogP contribution in [0, 0.1) is 11.8 Å². The van der Waals surface area contributed by atoms with Crippen LogP contribution in [-0.2, 0) is 11.2 Å². The SMILES string of the molecule is CN(C)C[C@H]1C[C@H](CO)CN(C(=O)CCc2ccc(N(C)C)cc2)C1. The minimum atomic E-state index is 0.166. The number of aliphatic hydroxyl groups excluding tert-OH is 1. The van der Waals surface area contributed by atoms with Gasteiger partial charge >= 0.3 is 0 Å². The molecule has 1 aromatic carbocycles. The summed E-state index contributed by atoms with van der Waals surface area (Å²) in [4.78, 5) is 18.9. The quantitative estimate of drug-likeness (QED) is 0.816. The Bertz CT molecular complexity index is 542. The second kappa shape index (κ2) is 9.20. The van der Waals surface area contributed by atoms with Crippen molar-refractivity contribution in [1.82, 2.24) is 9.80 Å². The van der Waals surface area contributed by atoms with E-state index in [1.54, 1.807) is 0 Å². The van der Waals surface area contributed by atoms with Gasteiger partial charge in [-0.2, -0.15) is 0 Å². The van der Waals surface area contributed by atoms with E-state index in [9.17, 15) is 9.90 Å². The zero-order valence-corrected chi connectivity index (χ0v) is 16.1.